The highest BCUT2D eigenvalue weighted by Gasteiger charge is 2.31. The number of imide groups is 1. The van der Waals surface area contributed by atoms with E-state index < -0.39 is 0 Å². The second-order valence-electron chi connectivity index (χ2n) is 5.37. The van der Waals surface area contributed by atoms with E-state index in [2.05, 4.69) is 5.32 Å². The monoisotopic (exact) mass is 325 g/mol. The number of carbonyl (C=O) groups is 3. The van der Waals surface area contributed by atoms with Gasteiger partial charge in [-0.1, -0.05) is 66.4 Å². The van der Waals surface area contributed by atoms with Crippen molar-refractivity contribution in [3.63, 3.8) is 0 Å². The van der Waals surface area contributed by atoms with E-state index >= 15 is 0 Å². The Morgan fingerprint density at radius 3 is 2.26 bits per heavy atom. The maximum Gasteiger partial charge on any atom is 0.286 e. The Morgan fingerprint density at radius 2 is 1.65 bits per heavy atom. The van der Waals surface area contributed by atoms with Crippen molar-refractivity contribution in [2.45, 2.75) is 18.1 Å². The quantitative estimate of drug-likeness (QED) is 0.858. The lowest BCUT2D eigenvalue weighted by Gasteiger charge is -2.06. The van der Waals surface area contributed by atoms with Crippen LogP contribution in [0.4, 0.5) is 4.79 Å². The fourth-order valence-corrected chi connectivity index (χ4v) is 3.31. The van der Waals surface area contributed by atoms with Gasteiger partial charge in [0.05, 0.1) is 5.25 Å². The number of carbonyl (C=O) groups excluding carboxylic acids is 3. The number of benzene rings is 2. The fraction of sp³-hybridized carbons (Fsp3) is 0.167. The molecule has 5 heteroatoms. The first-order valence-corrected chi connectivity index (χ1v) is 8.17. The first-order chi connectivity index (χ1) is 11.1. The summed E-state index contributed by atoms with van der Waals surface area (Å²) >= 11 is 1.01. The zero-order chi connectivity index (χ0) is 16.2. The Labute approximate surface area is 138 Å². The largest absolute Gasteiger partial charge is 0.294 e. The molecule has 1 fully saturated rings. The number of Topliss-reactive ketones (excluding diaryl/α,β-unsaturated/α-hetero) is 1. The summed E-state index contributed by atoms with van der Waals surface area (Å²) in [5.74, 6) is -0.185. The van der Waals surface area contributed by atoms with Gasteiger partial charge in [0.25, 0.3) is 5.24 Å². The van der Waals surface area contributed by atoms with E-state index in [1.165, 1.54) is 0 Å². The molecule has 116 valence electrons. The third-order valence-corrected chi connectivity index (χ3v) is 4.65. The van der Waals surface area contributed by atoms with Crippen LogP contribution in [0.3, 0.4) is 0 Å². The Kier molecular flexibility index (Phi) is 4.57. The average Bonchev–Trinajstić information content (AvgIpc) is 2.86. The van der Waals surface area contributed by atoms with Crippen LogP contribution in [0, 0.1) is 0 Å². The third kappa shape index (κ3) is 3.87. The first-order valence-electron chi connectivity index (χ1n) is 7.29. The summed E-state index contributed by atoms with van der Waals surface area (Å²) in [5, 5.41) is 1.60. The summed E-state index contributed by atoms with van der Waals surface area (Å²) in [5.41, 5.74) is 2.57. The number of rotatable bonds is 5. The first kappa shape index (κ1) is 15.5. The van der Waals surface area contributed by atoms with Gasteiger partial charge in [-0.25, -0.2) is 0 Å². The molecule has 0 aromatic heterocycles. The van der Waals surface area contributed by atoms with Crippen molar-refractivity contribution in [1.29, 1.82) is 0 Å². The maximum absolute atomic E-state index is 12.3. The van der Waals surface area contributed by atoms with Crippen molar-refractivity contribution in [2.75, 3.05) is 0 Å². The molecule has 3 rings (SSSR count). The predicted molar refractivity (Wildman–Crippen MR) is 89.5 cm³/mol. The standard InChI is InChI=1S/C18H15NO3S/c20-15(10-12-4-2-1-3-5-12)14-8-6-13(7-9-14)11-16-17(21)19-18(22)23-16/h1-9,16H,10-11H2,(H,19,21,22). The molecule has 0 saturated carbocycles. The molecule has 1 saturated heterocycles. The van der Waals surface area contributed by atoms with Gasteiger partial charge in [-0.15, -0.1) is 0 Å². The number of thioether (sulfide) groups is 1. The van der Waals surface area contributed by atoms with E-state index in [1.54, 1.807) is 12.1 Å². The van der Waals surface area contributed by atoms with Gasteiger partial charge in [-0.3, -0.25) is 19.7 Å². The van der Waals surface area contributed by atoms with E-state index in [1.807, 2.05) is 42.5 Å². The van der Waals surface area contributed by atoms with Crippen molar-refractivity contribution in [1.82, 2.24) is 5.32 Å². The molecule has 0 spiro atoms. The Bertz CT molecular complexity index is 741. The van der Waals surface area contributed by atoms with E-state index in [0.717, 1.165) is 22.9 Å². The Morgan fingerprint density at radius 1 is 0.957 bits per heavy atom. The van der Waals surface area contributed by atoms with Crippen molar-refractivity contribution >= 4 is 28.7 Å². The SMILES string of the molecule is O=C1NC(=O)C(Cc2ccc(C(=O)Cc3ccccc3)cc2)S1. The van der Waals surface area contributed by atoms with Gasteiger partial charge in [0, 0.05) is 12.0 Å². The normalized spacial score (nSPS) is 17.1. The molecule has 1 N–H and O–H groups in total. The number of hydrogen-bond acceptors (Lipinski definition) is 4. The van der Waals surface area contributed by atoms with Gasteiger partial charge in [0.2, 0.25) is 5.91 Å². The van der Waals surface area contributed by atoms with Crippen molar-refractivity contribution in [2.24, 2.45) is 0 Å². The van der Waals surface area contributed by atoms with Gasteiger partial charge < -0.3 is 0 Å². The molecule has 1 aliphatic heterocycles. The van der Waals surface area contributed by atoms with Crippen LogP contribution in [0.1, 0.15) is 21.5 Å². The molecule has 2 amide bonds. The molecule has 1 aliphatic rings. The number of ketones is 1. The molecule has 1 unspecified atom stereocenters. The van der Waals surface area contributed by atoms with Crippen LogP contribution in [0.2, 0.25) is 0 Å². The number of amides is 2. The van der Waals surface area contributed by atoms with Gasteiger partial charge in [-0.2, -0.15) is 0 Å². The zero-order valence-electron chi connectivity index (χ0n) is 12.3. The van der Waals surface area contributed by atoms with Gasteiger partial charge in [0.1, 0.15) is 0 Å². The minimum absolute atomic E-state index is 0.0610. The summed E-state index contributed by atoms with van der Waals surface area (Å²) in [6.07, 6.45) is 0.852. The van der Waals surface area contributed by atoms with Crippen LogP contribution in [0.25, 0.3) is 0 Å². The Hall–Kier alpha value is -2.40. The molecule has 2 aromatic rings. The van der Waals surface area contributed by atoms with E-state index in [9.17, 15) is 14.4 Å². The number of nitrogens with one attached hydrogen (secondary N) is 1. The van der Waals surface area contributed by atoms with Crippen LogP contribution < -0.4 is 5.32 Å². The van der Waals surface area contributed by atoms with Crippen LogP contribution in [0.5, 0.6) is 0 Å². The van der Waals surface area contributed by atoms with Crippen molar-refractivity contribution in [3.8, 4) is 0 Å². The lowest BCUT2D eigenvalue weighted by atomic mass is 10.0. The van der Waals surface area contributed by atoms with Crippen LogP contribution in [0.15, 0.2) is 54.6 Å². The third-order valence-electron chi connectivity index (χ3n) is 3.67. The van der Waals surface area contributed by atoms with Crippen LogP contribution in [-0.4, -0.2) is 22.2 Å². The van der Waals surface area contributed by atoms with E-state index in [4.69, 9.17) is 0 Å². The minimum atomic E-state index is -0.381. The minimum Gasteiger partial charge on any atom is -0.294 e. The average molecular weight is 325 g/mol. The molecular formula is C18H15NO3S. The lowest BCUT2D eigenvalue weighted by molar-refractivity contribution is -0.118. The van der Waals surface area contributed by atoms with Crippen LogP contribution in [-0.2, 0) is 17.6 Å². The highest BCUT2D eigenvalue weighted by molar-refractivity contribution is 8.15. The summed E-state index contributed by atoms with van der Waals surface area (Å²) in [7, 11) is 0. The molecular weight excluding hydrogens is 310 g/mol. The molecule has 2 aromatic carbocycles. The second-order valence-corrected chi connectivity index (χ2v) is 6.55. The second kappa shape index (κ2) is 6.79. The molecule has 0 aliphatic carbocycles. The molecule has 4 nitrogen and oxygen atoms in total. The van der Waals surface area contributed by atoms with Gasteiger partial charge in [-0.05, 0) is 17.5 Å². The summed E-state index contributed by atoms with van der Waals surface area (Å²) < 4.78 is 0. The van der Waals surface area contributed by atoms with Crippen LogP contribution >= 0.6 is 11.8 Å². The predicted octanol–water partition coefficient (Wildman–Crippen LogP) is 3.01. The van der Waals surface area contributed by atoms with Crippen molar-refractivity contribution in [3.05, 3.63) is 71.3 Å². The molecule has 1 atom stereocenters. The zero-order valence-corrected chi connectivity index (χ0v) is 13.1. The molecule has 23 heavy (non-hydrogen) atoms. The van der Waals surface area contributed by atoms with E-state index in [-0.39, 0.29) is 22.2 Å². The molecule has 0 radical (unpaired) electrons. The highest BCUT2D eigenvalue weighted by atomic mass is 32.2. The van der Waals surface area contributed by atoms with Gasteiger partial charge >= 0.3 is 0 Å². The smallest absolute Gasteiger partial charge is 0.286 e. The summed E-state index contributed by atoms with van der Waals surface area (Å²) in [6.45, 7) is 0. The molecule has 1 heterocycles. The van der Waals surface area contributed by atoms with Crippen molar-refractivity contribution < 1.29 is 14.4 Å². The fourth-order valence-electron chi connectivity index (χ4n) is 2.45. The maximum atomic E-state index is 12.3. The topological polar surface area (TPSA) is 63.2 Å². The molecule has 0 bridgehead atoms. The Balaban J connectivity index is 1.64. The lowest BCUT2D eigenvalue weighted by Crippen LogP contribution is -2.25. The van der Waals surface area contributed by atoms with Gasteiger partial charge in [0.15, 0.2) is 5.78 Å². The number of hydrogen-bond donors (Lipinski definition) is 1. The summed E-state index contributed by atoms with van der Waals surface area (Å²) in [4.78, 5) is 35.0. The van der Waals surface area contributed by atoms with E-state index in [0.29, 0.717) is 18.4 Å². The summed E-state index contributed by atoms with van der Waals surface area (Å²) in [6, 6.07) is 16.8. The highest BCUT2D eigenvalue weighted by Crippen LogP contribution is 2.23.